The highest BCUT2D eigenvalue weighted by Crippen LogP contribution is 2.09. The quantitative estimate of drug-likeness (QED) is 0.321. The van der Waals surface area contributed by atoms with Gasteiger partial charge in [-0.2, -0.15) is 0 Å². The minimum atomic E-state index is -0.379. The Morgan fingerprint density at radius 3 is 3.07 bits per heavy atom. The summed E-state index contributed by atoms with van der Waals surface area (Å²) in [5.74, 6) is -0.379. The third-order valence-corrected chi connectivity index (χ3v) is 2.03. The van der Waals surface area contributed by atoms with Crippen LogP contribution in [-0.2, 0) is 9.63 Å². The lowest BCUT2D eigenvalue weighted by Gasteiger charge is -2.21. The molecule has 1 rings (SSSR count). The number of carbonyl (C=O) groups is 1. The molecule has 4 nitrogen and oxygen atoms in total. The summed E-state index contributed by atoms with van der Waals surface area (Å²) in [6, 6.07) is 0. The topological polar surface area (TPSA) is 41.9 Å². The normalized spacial score (nSPS) is 17.1. The fourth-order valence-corrected chi connectivity index (χ4v) is 1.39. The molecule has 1 heterocycles. The van der Waals surface area contributed by atoms with Crippen LogP contribution in [0.25, 0.3) is 0 Å². The largest absolute Gasteiger partial charge is 0.331 e. The third kappa shape index (κ3) is 6.25. The van der Waals surface area contributed by atoms with E-state index in [1.807, 2.05) is 0 Å². The molecule has 86 valence electrons. The van der Waals surface area contributed by atoms with E-state index in [9.17, 15) is 4.79 Å². The van der Waals surface area contributed by atoms with Gasteiger partial charge in [0.05, 0.1) is 0 Å². The van der Waals surface area contributed by atoms with Crippen molar-refractivity contribution in [1.29, 1.82) is 0 Å². The van der Waals surface area contributed by atoms with E-state index in [-0.39, 0.29) is 18.4 Å². The molecule has 0 saturated carbocycles. The van der Waals surface area contributed by atoms with Crippen LogP contribution in [0.5, 0.6) is 0 Å². The summed E-state index contributed by atoms with van der Waals surface area (Å²) in [5, 5.41) is 3.56. The number of likely N-dealkylation sites (N-methyl/N-ethyl adjacent to an activating group) is 1. The van der Waals surface area contributed by atoms with Gasteiger partial charge in [-0.05, 0) is 13.5 Å². The van der Waals surface area contributed by atoms with Crippen molar-refractivity contribution in [3.63, 3.8) is 0 Å². The molecule has 0 N–H and O–H groups in total. The van der Waals surface area contributed by atoms with Gasteiger partial charge in [-0.1, -0.05) is 16.8 Å². The maximum absolute atomic E-state index is 10.4. The van der Waals surface area contributed by atoms with Crippen LogP contribution in [-0.4, -0.2) is 37.2 Å². The van der Waals surface area contributed by atoms with Crippen molar-refractivity contribution in [1.82, 2.24) is 4.90 Å². The van der Waals surface area contributed by atoms with E-state index in [1.54, 1.807) is 6.21 Å². The van der Waals surface area contributed by atoms with Gasteiger partial charge in [-0.15, -0.1) is 12.4 Å². The predicted molar refractivity (Wildman–Crippen MR) is 62.3 cm³/mol. The lowest BCUT2D eigenvalue weighted by atomic mass is 10.1. The van der Waals surface area contributed by atoms with E-state index >= 15 is 0 Å². The molecule has 0 saturated heterocycles. The standard InChI is InChI=1S/C10H16N2O2.ClH/c1-9(13)14-11-6-5-10-4-3-7-12(2)8-10;/h4,6H,3,5,7-8H2,1-2H3;1H. The molecule has 0 aromatic carbocycles. The Morgan fingerprint density at radius 2 is 2.47 bits per heavy atom. The van der Waals surface area contributed by atoms with Crippen molar-refractivity contribution in [3.05, 3.63) is 11.6 Å². The zero-order valence-electron chi connectivity index (χ0n) is 9.10. The molecular weight excluding hydrogens is 216 g/mol. The Bertz CT molecular complexity index is 264. The number of oxime groups is 1. The number of nitrogens with zero attached hydrogens (tertiary/aromatic N) is 2. The lowest BCUT2D eigenvalue weighted by Crippen LogP contribution is -2.25. The van der Waals surface area contributed by atoms with E-state index in [4.69, 9.17) is 0 Å². The first-order valence-corrected chi connectivity index (χ1v) is 4.74. The SMILES string of the molecule is CC(=O)ON=CCC1=CCCN(C)C1.Cl. The van der Waals surface area contributed by atoms with Crippen LogP contribution >= 0.6 is 12.4 Å². The van der Waals surface area contributed by atoms with Gasteiger partial charge in [0.15, 0.2) is 0 Å². The molecule has 1 aliphatic rings. The summed E-state index contributed by atoms with van der Waals surface area (Å²) < 4.78 is 0. The smallest absolute Gasteiger partial charge is 0.319 e. The van der Waals surface area contributed by atoms with Crippen LogP contribution in [0.4, 0.5) is 0 Å². The van der Waals surface area contributed by atoms with E-state index in [0.29, 0.717) is 0 Å². The summed E-state index contributed by atoms with van der Waals surface area (Å²) in [5.41, 5.74) is 1.33. The number of rotatable bonds is 3. The highest BCUT2D eigenvalue weighted by molar-refractivity contribution is 5.85. The van der Waals surface area contributed by atoms with Crippen molar-refractivity contribution >= 4 is 24.6 Å². The molecule has 0 atom stereocenters. The highest BCUT2D eigenvalue weighted by atomic mass is 35.5. The lowest BCUT2D eigenvalue weighted by molar-refractivity contribution is -0.140. The fourth-order valence-electron chi connectivity index (χ4n) is 1.39. The Morgan fingerprint density at radius 1 is 1.73 bits per heavy atom. The van der Waals surface area contributed by atoms with Crippen LogP contribution in [0.2, 0.25) is 0 Å². The molecule has 0 spiro atoms. The van der Waals surface area contributed by atoms with Crippen molar-refractivity contribution < 1.29 is 9.63 Å². The molecule has 0 aliphatic carbocycles. The molecular formula is C10H17ClN2O2. The second-order valence-electron chi connectivity index (χ2n) is 3.46. The molecule has 0 aromatic rings. The minimum Gasteiger partial charge on any atom is -0.319 e. The maximum Gasteiger partial charge on any atom is 0.331 e. The van der Waals surface area contributed by atoms with Gasteiger partial charge < -0.3 is 9.74 Å². The molecule has 0 aromatic heterocycles. The zero-order valence-corrected chi connectivity index (χ0v) is 9.92. The molecule has 15 heavy (non-hydrogen) atoms. The van der Waals surface area contributed by atoms with Crippen molar-refractivity contribution in [3.8, 4) is 0 Å². The maximum atomic E-state index is 10.4. The van der Waals surface area contributed by atoms with Crippen molar-refractivity contribution in [2.45, 2.75) is 19.8 Å². The van der Waals surface area contributed by atoms with Crippen LogP contribution < -0.4 is 0 Å². The average molecular weight is 233 g/mol. The van der Waals surface area contributed by atoms with Gasteiger partial charge >= 0.3 is 5.97 Å². The van der Waals surface area contributed by atoms with Crippen LogP contribution in [0.3, 0.4) is 0 Å². The van der Waals surface area contributed by atoms with Crippen LogP contribution in [0.1, 0.15) is 19.8 Å². The zero-order chi connectivity index (χ0) is 10.4. The van der Waals surface area contributed by atoms with Gasteiger partial charge in [0, 0.05) is 32.6 Å². The van der Waals surface area contributed by atoms with E-state index in [2.05, 4.69) is 28.0 Å². The van der Waals surface area contributed by atoms with Gasteiger partial charge in [-0.3, -0.25) is 0 Å². The molecule has 1 aliphatic heterocycles. The third-order valence-electron chi connectivity index (χ3n) is 2.03. The summed E-state index contributed by atoms with van der Waals surface area (Å²) >= 11 is 0. The van der Waals surface area contributed by atoms with E-state index in [1.165, 1.54) is 12.5 Å². The summed E-state index contributed by atoms with van der Waals surface area (Å²) in [4.78, 5) is 17.1. The average Bonchev–Trinajstić information content (AvgIpc) is 2.12. The van der Waals surface area contributed by atoms with Crippen molar-refractivity contribution in [2.75, 3.05) is 20.1 Å². The van der Waals surface area contributed by atoms with Gasteiger partial charge in [0.2, 0.25) is 0 Å². The fraction of sp³-hybridized carbons (Fsp3) is 0.600. The minimum absolute atomic E-state index is 0. The predicted octanol–water partition coefficient (Wildman–Crippen LogP) is 1.61. The first-order valence-electron chi connectivity index (χ1n) is 4.74. The second kappa shape index (κ2) is 7.43. The second-order valence-corrected chi connectivity index (χ2v) is 3.46. The van der Waals surface area contributed by atoms with Gasteiger partial charge in [0.1, 0.15) is 0 Å². The van der Waals surface area contributed by atoms with Crippen molar-refractivity contribution in [2.24, 2.45) is 5.16 Å². The number of halogens is 1. The first kappa shape index (κ1) is 14.1. The van der Waals surface area contributed by atoms with Crippen LogP contribution in [0.15, 0.2) is 16.8 Å². The monoisotopic (exact) mass is 232 g/mol. The Balaban J connectivity index is 0.00000196. The Kier molecular flexibility index (Phi) is 6.99. The number of carbonyl (C=O) groups excluding carboxylic acids is 1. The van der Waals surface area contributed by atoms with Crippen LogP contribution in [0, 0.1) is 0 Å². The number of hydrogen-bond donors (Lipinski definition) is 0. The van der Waals surface area contributed by atoms with Gasteiger partial charge in [-0.25, -0.2) is 4.79 Å². The molecule has 0 unspecified atom stereocenters. The number of hydrogen-bond acceptors (Lipinski definition) is 4. The van der Waals surface area contributed by atoms with Gasteiger partial charge in [0.25, 0.3) is 0 Å². The summed E-state index contributed by atoms with van der Waals surface area (Å²) in [6.07, 6.45) is 5.71. The Labute approximate surface area is 96.4 Å². The molecule has 0 radical (unpaired) electrons. The molecule has 5 heteroatoms. The molecule has 0 bridgehead atoms. The van der Waals surface area contributed by atoms with E-state index in [0.717, 1.165) is 25.9 Å². The summed E-state index contributed by atoms with van der Waals surface area (Å²) in [6.45, 7) is 3.43. The molecule has 0 fully saturated rings. The summed E-state index contributed by atoms with van der Waals surface area (Å²) in [7, 11) is 2.09. The van der Waals surface area contributed by atoms with E-state index < -0.39 is 0 Å². The highest BCUT2D eigenvalue weighted by Gasteiger charge is 2.06. The Hall–Kier alpha value is -0.870. The first-order chi connectivity index (χ1) is 6.68. The molecule has 0 amide bonds.